The third-order valence-corrected chi connectivity index (χ3v) is 9.92. The monoisotopic (exact) mass is 631 g/mol. The summed E-state index contributed by atoms with van der Waals surface area (Å²) in [5, 5.41) is 30.3. The molecule has 9 nitrogen and oxygen atoms in total. The van der Waals surface area contributed by atoms with Crippen LogP contribution in [0.25, 0.3) is 0 Å². The third-order valence-electron chi connectivity index (χ3n) is 9.92. The summed E-state index contributed by atoms with van der Waals surface area (Å²) in [4.78, 5) is 32.4. The predicted molar refractivity (Wildman–Crippen MR) is 179 cm³/mol. The maximum atomic E-state index is 14.6. The van der Waals surface area contributed by atoms with Gasteiger partial charge in [0.25, 0.3) is 0 Å². The molecule has 3 aliphatic heterocycles. The zero-order valence-electron chi connectivity index (χ0n) is 26.5. The number of hydrazine groups is 1. The Kier molecular flexibility index (Phi) is 8.55. The molecule has 3 unspecified atom stereocenters. The molecule has 0 saturated carbocycles. The first-order valence-electron chi connectivity index (χ1n) is 16.4. The maximum absolute atomic E-state index is 14.6. The van der Waals surface area contributed by atoms with Crippen LogP contribution in [0.1, 0.15) is 29.5 Å². The van der Waals surface area contributed by atoms with E-state index >= 15 is 0 Å². The second kappa shape index (κ2) is 12.9. The Labute approximate surface area is 275 Å². The predicted octanol–water partition coefficient (Wildman–Crippen LogP) is 3.55. The molecule has 4 aliphatic rings. The number of phenols is 1. The largest absolute Gasteiger partial charge is 0.508 e. The van der Waals surface area contributed by atoms with Crippen LogP contribution in [0, 0.1) is 0 Å². The lowest BCUT2D eigenvalue weighted by Crippen LogP contribution is -2.82. The number of likely N-dealkylation sites (N-methyl/N-ethyl adjacent to an activating group) is 1. The van der Waals surface area contributed by atoms with Crippen LogP contribution in [-0.2, 0) is 22.6 Å². The standard InChI is InChI=1S/C38H41N5O4/c1-2-41-26-36(46)42-33(21-27-16-18-31(44)19-17-27)37(47)40-24-32(29-13-7-4-8-14-29)30-15-9-10-20-38(34(45)22-30,43(41)35(42)25-40)39-23-28-11-5-3-6-12-28/h3-20,22,32-35,39,44-45H,2,21,23-26H2,1H3/b15-9-,20-10-,30-22-/t32?,33-,34?,35-,38?/m0/s1. The molecule has 1 aliphatic carbocycles. The molecule has 47 heavy (non-hydrogen) atoms. The van der Waals surface area contributed by atoms with Crippen molar-refractivity contribution in [2.24, 2.45) is 0 Å². The smallest absolute Gasteiger partial charge is 0.245 e. The number of nitrogens with one attached hydrogen (secondary N) is 1. The Morgan fingerprint density at radius 1 is 0.894 bits per heavy atom. The van der Waals surface area contributed by atoms with E-state index in [1.807, 2.05) is 95.7 Å². The normalized spacial score (nSPS) is 30.3. The van der Waals surface area contributed by atoms with E-state index in [2.05, 4.69) is 22.5 Å². The van der Waals surface area contributed by atoms with Crippen LogP contribution >= 0.6 is 0 Å². The zero-order chi connectivity index (χ0) is 32.5. The summed E-state index contributed by atoms with van der Waals surface area (Å²) in [7, 11) is 0. The third kappa shape index (κ3) is 5.80. The minimum Gasteiger partial charge on any atom is -0.508 e. The van der Waals surface area contributed by atoms with E-state index in [1.165, 1.54) is 0 Å². The van der Waals surface area contributed by atoms with E-state index in [9.17, 15) is 19.8 Å². The van der Waals surface area contributed by atoms with Crippen LogP contribution in [0.4, 0.5) is 0 Å². The van der Waals surface area contributed by atoms with Gasteiger partial charge in [0, 0.05) is 32.0 Å². The molecule has 9 heteroatoms. The van der Waals surface area contributed by atoms with Crippen molar-refractivity contribution in [2.45, 2.75) is 49.8 Å². The van der Waals surface area contributed by atoms with E-state index in [0.717, 1.165) is 22.3 Å². The fraction of sp³-hybridized carbons (Fsp3) is 0.316. The fourth-order valence-electron chi connectivity index (χ4n) is 7.57. The van der Waals surface area contributed by atoms with Gasteiger partial charge in [-0.25, -0.2) is 5.01 Å². The van der Waals surface area contributed by atoms with Gasteiger partial charge in [0.1, 0.15) is 29.7 Å². The van der Waals surface area contributed by atoms with E-state index in [4.69, 9.17) is 0 Å². The first-order chi connectivity index (χ1) is 22.9. The van der Waals surface area contributed by atoms with Crippen molar-refractivity contribution < 1.29 is 19.8 Å². The number of nitrogens with zero attached hydrogens (tertiary/aromatic N) is 4. The van der Waals surface area contributed by atoms with Crippen LogP contribution in [0.5, 0.6) is 5.75 Å². The second-order valence-electron chi connectivity index (χ2n) is 12.7. The molecule has 3 N–H and O–H groups in total. The molecule has 2 fully saturated rings. The Morgan fingerprint density at radius 3 is 2.34 bits per heavy atom. The summed E-state index contributed by atoms with van der Waals surface area (Å²) in [6, 6.07) is 26.2. The number of rotatable bonds is 7. The minimum atomic E-state index is -1.17. The molecule has 3 aromatic carbocycles. The van der Waals surface area contributed by atoms with Gasteiger partial charge in [0.2, 0.25) is 11.8 Å². The summed E-state index contributed by atoms with van der Waals surface area (Å²) in [5.41, 5.74) is 2.70. The molecule has 0 radical (unpaired) electrons. The summed E-state index contributed by atoms with van der Waals surface area (Å²) in [6.07, 6.45) is 8.65. The number of piperazine rings is 1. The summed E-state index contributed by atoms with van der Waals surface area (Å²) in [6.45, 7) is 3.75. The molecule has 0 spiro atoms. The maximum Gasteiger partial charge on any atom is 0.245 e. The Bertz CT molecular complexity index is 1690. The quantitative estimate of drug-likeness (QED) is 0.367. The van der Waals surface area contributed by atoms with Gasteiger partial charge in [-0.15, -0.1) is 0 Å². The van der Waals surface area contributed by atoms with Gasteiger partial charge in [-0.05, 0) is 46.5 Å². The topological polar surface area (TPSA) is 99.6 Å². The number of carbonyl (C=O) groups excluding carboxylic acids is 2. The van der Waals surface area contributed by atoms with Gasteiger partial charge < -0.3 is 20.0 Å². The van der Waals surface area contributed by atoms with Gasteiger partial charge in [-0.1, -0.05) is 97.9 Å². The van der Waals surface area contributed by atoms with Crippen molar-refractivity contribution in [3.8, 4) is 5.75 Å². The van der Waals surface area contributed by atoms with E-state index in [0.29, 0.717) is 26.1 Å². The number of benzene rings is 3. The lowest BCUT2D eigenvalue weighted by atomic mass is 9.84. The van der Waals surface area contributed by atoms with E-state index in [-0.39, 0.29) is 36.6 Å². The first kappa shape index (κ1) is 31.1. The number of carbonyl (C=O) groups is 2. The van der Waals surface area contributed by atoms with Crippen LogP contribution < -0.4 is 5.32 Å². The molecule has 4 bridgehead atoms. The van der Waals surface area contributed by atoms with Crippen molar-refractivity contribution in [1.29, 1.82) is 0 Å². The average molecular weight is 632 g/mol. The van der Waals surface area contributed by atoms with Crippen molar-refractivity contribution in [2.75, 3.05) is 26.2 Å². The number of phenolic OH excluding ortho intramolecular Hbond substituents is 1. The molecule has 0 aromatic heterocycles. The highest BCUT2D eigenvalue weighted by Gasteiger charge is 2.57. The summed E-state index contributed by atoms with van der Waals surface area (Å²) in [5.74, 6) is -0.293. The molecule has 2 saturated heterocycles. The van der Waals surface area contributed by atoms with Crippen molar-refractivity contribution in [3.63, 3.8) is 0 Å². The highest BCUT2D eigenvalue weighted by atomic mass is 16.3. The summed E-state index contributed by atoms with van der Waals surface area (Å²) < 4.78 is 0. The van der Waals surface area contributed by atoms with Crippen molar-refractivity contribution in [1.82, 2.24) is 25.1 Å². The van der Waals surface area contributed by atoms with Crippen LogP contribution in [0.15, 0.2) is 121 Å². The molecule has 3 aromatic rings. The first-order valence-corrected chi connectivity index (χ1v) is 16.4. The Morgan fingerprint density at radius 2 is 1.62 bits per heavy atom. The Balaban J connectivity index is 1.42. The van der Waals surface area contributed by atoms with E-state index < -0.39 is 24.0 Å². The lowest BCUT2D eigenvalue weighted by molar-refractivity contribution is -0.239. The average Bonchev–Trinajstić information content (AvgIpc) is 3.08. The number of hydrogen-bond donors (Lipinski definition) is 3. The number of hydrogen-bond acceptors (Lipinski definition) is 7. The number of aliphatic hydroxyl groups is 1. The molecular weight excluding hydrogens is 590 g/mol. The molecule has 5 atom stereocenters. The Hall–Kier alpha value is -4.54. The molecule has 3 heterocycles. The van der Waals surface area contributed by atoms with Crippen LogP contribution in [0.2, 0.25) is 0 Å². The zero-order valence-corrected chi connectivity index (χ0v) is 26.5. The molecule has 7 rings (SSSR count). The van der Waals surface area contributed by atoms with Gasteiger partial charge in [-0.2, -0.15) is 5.01 Å². The lowest BCUT2D eigenvalue weighted by Gasteiger charge is -2.61. The van der Waals surface area contributed by atoms with Crippen LogP contribution in [-0.4, -0.2) is 92.0 Å². The van der Waals surface area contributed by atoms with Crippen LogP contribution in [0.3, 0.4) is 0 Å². The van der Waals surface area contributed by atoms with Crippen molar-refractivity contribution >= 4 is 11.8 Å². The van der Waals surface area contributed by atoms with E-state index in [1.54, 1.807) is 29.2 Å². The number of fused-ring (bicyclic) bond motifs is 4. The number of allylic oxidation sites excluding steroid dienone is 3. The molecular formula is C38H41N5O4. The molecule has 242 valence electrons. The second-order valence-corrected chi connectivity index (χ2v) is 12.7. The highest BCUT2D eigenvalue weighted by molar-refractivity contribution is 5.90. The summed E-state index contributed by atoms with van der Waals surface area (Å²) >= 11 is 0. The van der Waals surface area contributed by atoms with Gasteiger partial charge in [0.05, 0.1) is 13.1 Å². The van der Waals surface area contributed by atoms with Gasteiger partial charge in [-0.3, -0.25) is 14.9 Å². The molecule has 2 amide bonds. The SMILES string of the molecule is CCN1CC(=O)N2[C@@H](Cc3ccc(O)cc3)C(=O)N3CC(c4ccccc4)C4=C\C(O)C(NCc5ccccc5)(\C=C/C=C\4)N1[C@H]2C3. The number of aliphatic hydroxyl groups excluding tert-OH is 1. The van der Waals surface area contributed by atoms with Gasteiger partial charge >= 0.3 is 0 Å². The number of amides is 2. The minimum absolute atomic E-state index is 0.0702. The number of aromatic hydroxyl groups is 1. The fourth-order valence-corrected chi connectivity index (χ4v) is 7.57. The van der Waals surface area contributed by atoms with Gasteiger partial charge in [0.15, 0.2) is 0 Å². The highest BCUT2D eigenvalue weighted by Crippen LogP contribution is 2.39. The van der Waals surface area contributed by atoms with Crippen molar-refractivity contribution in [3.05, 3.63) is 138 Å².